The van der Waals surface area contributed by atoms with E-state index in [2.05, 4.69) is 16.0 Å². The summed E-state index contributed by atoms with van der Waals surface area (Å²) in [4.78, 5) is 17.0. The summed E-state index contributed by atoms with van der Waals surface area (Å²) < 4.78 is 0. The smallest absolute Gasteiger partial charge is 0.253 e. The second-order valence-corrected chi connectivity index (χ2v) is 6.70. The van der Waals surface area contributed by atoms with E-state index in [1.807, 2.05) is 41.8 Å². The normalized spacial score (nSPS) is 11.0. The molecule has 0 saturated heterocycles. The lowest BCUT2D eigenvalue weighted by Gasteiger charge is -2.12. The number of aromatic nitrogens is 1. The van der Waals surface area contributed by atoms with Crippen molar-refractivity contribution in [1.82, 2.24) is 10.3 Å². The largest absolute Gasteiger partial charge is 0.355 e. The van der Waals surface area contributed by atoms with Crippen molar-refractivity contribution in [2.24, 2.45) is 0 Å². The zero-order chi connectivity index (χ0) is 17.4. The number of anilines is 2. The Morgan fingerprint density at radius 3 is 2.64 bits per heavy atom. The molecule has 2 heterocycles. The molecule has 124 valence electrons. The maximum atomic E-state index is 12.2. The summed E-state index contributed by atoms with van der Waals surface area (Å²) >= 11 is 7.87. The molecule has 4 nitrogen and oxygen atoms in total. The van der Waals surface area contributed by atoms with Gasteiger partial charge in [0.2, 0.25) is 0 Å². The number of benzene rings is 2. The highest BCUT2D eigenvalue weighted by atomic mass is 35.5. The average molecular weight is 368 g/mol. The molecule has 0 aliphatic heterocycles. The number of carbonyl (C=O) groups excluding carboxylic acids is 1. The van der Waals surface area contributed by atoms with Crippen molar-refractivity contribution >= 4 is 62.0 Å². The van der Waals surface area contributed by atoms with E-state index >= 15 is 0 Å². The minimum atomic E-state index is -0.156. The van der Waals surface area contributed by atoms with Crippen LogP contribution >= 0.6 is 22.9 Å². The number of amides is 1. The van der Waals surface area contributed by atoms with Gasteiger partial charge in [-0.25, -0.2) is 4.98 Å². The fourth-order valence-corrected chi connectivity index (χ4v) is 3.86. The summed E-state index contributed by atoms with van der Waals surface area (Å²) in [6.45, 7) is 0. The third-order valence-electron chi connectivity index (χ3n) is 4.07. The predicted octanol–water partition coefficient (Wildman–Crippen LogP) is 5.21. The molecule has 0 unspecified atom stereocenters. The Morgan fingerprint density at radius 2 is 1.84 bits per heavy atom. The van der Waals surface area contributed by atoms with E-state index in [0.717, 1.165) is 21.8 Å². The lowest BCUT2D eigenvalue weighted by atomic mass is 10.1. The molecule has 1 amide bonds. The van der Waals surface area contributed by atoms with Gasteiger partial charge in [0, 0.05) is 28.6 Å². The average Bonchev–Trinajstić information content (AvgIpc) is 3.13. The van der Waals surface area contributed by atoms with Crippen molar-refractivity contribution in [3.8, 4) is 0 Å². The van der Waals surface area contributed by atoms with E-state index in [9.17, 15) is 4.79 Å². The molecule has 0 bridgehead atoms. The number of hydrogen-bond donors (Lipinski definition) is 2. The first kappa shape index (κ1) is 15.9. The Bertz CT molecular complexity index is 1110. The minimum Gasteiger partial charge on any atom is -0.355 e. The Balaban J connectivity index is 1.98. The van der Waals surface area contributed by atoms with Gasteiger partial charge >= 0.3 is 0 Å². The number of halogens is 1. The van der Waals surface area contributed by atoms with Crippen LogP contribution in [0.2, 0.25) is 5.02 Å². The van der Waals surface area contributed by atoms with E-state index in [0.29, 0.717) is 21.9 Å². The van der Waals surface area contributed by atoms with Crippen molar-refractivity contribution in [3.05, 3.63) is 63.8 Å². The third-order valence-corrected chi connectivity index (χ3v) is 5.14. The van der Waals surface area contributed by atoms with Gasteiger partial charge in [-0.05, 0) is 23.6 Å². The number of carbonyl (C=O) groups is 1. The van der Waals surface area contributed by atoms with E-state index in [1.165, 1.54) is 0 Å². The maximum Gasteiger partial charge on any atom is 0.253 e. The van der Waals surface area contributed by atoms with Crippen molar-refractivity contribution in [3.63, 3.8) is 0 Å². The fraction of sp³-hybridized carbons (Fsp3) is 0.0526. The highest BCUT2D eigenvalue weighted by Crippen LogP contribution is 2.35. The molecule has 0 fully saturated rings. The molecule has 4 aromatic rings. The summed E-state index contributed by atoms with van der Waals surface area (Å²) in [5.74, 6) is 0.532. The molecule has 6 heteroatoms. The van der Waals surface area contributed by atoms with Crippen molar-refractivity contribution in [2.45, 2.75) is 0 Å². The second-order valence-electron chi connectivity index (χ2n) is 5.55. The molecule has 0 aliphatic carbocycles. The number of nitrogens with zero attached hydrogens (tertiary/aromatic N) is 1. The van der Waals surface area contributed by atoms with Gasteiger partial charge in [0.1, 0.15) is 5.82 Å². The number of nitrogens with one attached hydrogen (secondary N) is 2. The zero-order valence-corrected chi connectivity index (χ0v) is 14.9. The lowest BCUT2D eigenvalue weighted by Crippen LogP contribution is -2.18. The number of rotatable bonds is 3. The van der Waals surface area contributed by atoms with Crippen LogP contribution in [0.4, 0.5) is 11.5 Å². The topological polar surface area (TPSA) is 54.0 Å². The molecule has 2 N–H and O–H groups in total. The Labute approximate surface area is 153 Å². The molecule has 0 atom stereocenters. The molecule has 0 aliphatic rings. The number of pyridine rings is 1. The van der Waals surface area contributed by atoms with Crippen LogP contribution in [-0.4, -0.2) is 17.9 Å². The molecular weight excluding hydrogens is 354 g/mol. The molecule has 0 spiro atoms. The van der Waals surface area contributed by atoms with Crippen molar-refractivity contribution in [1.29, 1.82) is 0 Å². The van der Waals surface area contributed by atoms with E-state index < -0.39 is 0 Å². The number of hydrogen-bond acceptors (Lipinski definition) is 4. The lowest BCUT2D eigenvalue weighted by molar-refractivity contribution is 0.0964. The number of para-hydroxylation sites is 2. The minimum absolute atomic E-state index is 0.156. The van der Waals surface area contributed by atoms with Gasteiger partial charge in [0.15, 0.2) is 0 Å². The van der Waals surface area contributed by atoms with E-state index in [4.69, 9.17) is 16.6 Å². The van der Waals surface area contributed by atoms with Gasteiger partial charge in [0.05, 0.1) is 21.8 Å². The molecule has 2 aromatic heterocycles. The Hall–Kier alpha value is -2.63. The van der Waals surface area contributed by atoms with Gasteiger partial charge in [-0.3, -0.25) is 4.79 Å². The molecule has 4 rings (SSSR count). The van der Waals surface area contributed by atoms with Crippen LogP contribution < -0.4 is 10.6 Å². The van der Waals surface area contributed by atoms with Crippen LogP contribution in [0.5, 0.6) is 0 Å². The van der Waals surface area contributed by atoms with Crippen LogP contribution in [0.15, 0.2) is 53.2 Å². The fourth-order valence-electron chi connectivity index (χ4n) is 2.85. The molecule has 0 saturated carbocycles. The summed E-state index contributed by atoms with van der Waals surface area (Å²) in [6.07, 6.45) is 0. The molecule has 2 aromatic carbocycles. The Morgan fingerprint density at radius 1 is 1.04 bits per heavy atom. The van der Waals surface area contributed by atoms with Gasteiger partial charge in [-0.1, -0.05) is 35.9 Å². The van der Waals surface area contributed by atoms with E-state index in [1.54, 1.807) is 24.5 Å². The first-order valence-corrected chi connectivity index (χ1v) is 9.03. The van der Waals surface area contributed by atoms with Crippen LogP contribution in [0.3, 0.4) is 0 Å². The van der Waals surface area contributed by atoms with Crippen LogP contribution in [0, 0.1) is 0 Å². The molecule has 25 heavy (non-hydrogen) atoms. The van der Waals surface area contributed by atoms with Gasteiger partial charge in [-0.15, -0.1) is 0 Å². The Kier molecular flexibility index (Phi) is 4.03. The monoisotopic (exact) mass is 367 g/mol. The summed E-state index contributed by atoms with van der Waals surface area (Å²) in [6, 6.07) is 13.2. The van der Waals surface area contributed by atoms with E-state index in [-0.39, 0.29) is 5.91 Å². The third kappa shape index (κ3) is 2.71. The first-order chi connectivity index (χ1) is 12.2. The quantitative estimate of drug-likeness (QED) is 0.523. The van der Waals surface area contributed by atoms with Crippen LogP contribution in [-0.2, 0) is 0 Å². The zero-order valence-electron chi connectivity index (χ0n) is 13.3. The highest BCUT2D eigenvalue weighted by molar-refractivity contribution is 7.09. The predicted molar refractivity (Wildman–Crippen MR) is 105 cm³/mol. The second kappa shape index (κ2) is 6.35. The standard InChI is InChI=1S/C19H14ClN3OS/c1-21-19(24)12-6-4-5-11-13-9-25-10-14(13)18(23-17(11)12)22-16-8-3-2-7-15(16)20/h2-10H,1H3,(H,21,24)(H,22,23). The van der Waals surface area contributed by atoms with Gasteiger partial charge < -0.3 is 10.6 Å². The SMILES string of the molecule is CNC(=O)c1cccc2c1nc(Nc1ccccc1Cl)c1cscc12. The maximum absolute atomic E-state index is 12.2. The van der Waals surface area contributed by atoms with Gasteiger partial charge in [0.25, 0.3) is 5.91 Å². The van der Waals surface area contributed by atoms with Crippen molar-refractivity contribution < 1.29 is 4.79 Å². The van der Waals surface area contributed by atoms with Crippen molar-refractivity contribution in [2.75, 3.05) is 12.4 Å². The highest BCUT2D eigenvalue weighted by Gasteiger charge is 2.15. The van der Waals surface area contributed by atoms with Crippen LogP contribution in [0.25, 0.3) is 21.7 Å². The molecular formula is C19H14ClN3OS. The summed E-state index contributed by atoms with van der Waals surface area (Å²) in [5, 5.41) is 13.8. The molecule has 0 radical (unpaired) electrons. The van der Waals surface area contributed by atoms with Crippen LogP contribution in [0.1, 0.15) is 10.4 Å². The number of fused-ring (bicyclic) bond motifs is 3. The van der Waals surface area contributed by atoms with Gasteiger partial charge in [-0.2, -0.15) is 11.3 Å². The summed E-state index contributed by atoms with van der Waals surface area (Å²) in [5.41, 5.74) is 2.00. The first-order valence-electron chi connectivity index (χ1n) is 7.71. The summed E-state index contributed by atoms with van der Waals surface area (Å²) in [7, 11) is 1.62. The number of thiophene rings is 1.